The maximum atomic E-state index is 5.68. The molecule has 0 fully saturated rings. The molecule has 0 saturated carbocycles. The van der Waals surface area contributed by atoms with Gasteiger partial charge in [0.05, 0.1) is 0 Å². The van der Waals surface area contributed by atoms with E-state index in [9.17, 15) is 0 Å². The Morgan fingerprint density at radius 1 is 1.23 bits per heavy atom. The minimum absolute atomic E-state index is 0.369. The highest BCUT2D eigenvalue weighted by Gasteiger charge is 2.05. The predicted octanol–water partition coefficient (Wildman–Crippen LogP) is 2.23. The molecule has 0 aromatic heterocycles. The van der Waals surface area contributed by atoms with Crippen molar-refractivity contribution in [3.63, 3.8) is 0 Å². The van der Waals surface area contributed by atoms with Gasteiger partial charge in [-0.15, -0.1) is 0 Å². The highest BCUT2D eigenvalue weighted by atomic mass is 15.1. The molecule has 0 saturated heterocycles. The highest BCUT2D eigenvalue weighted by molar-refractivity contribution is 4.61. The summed E-state index contributed by atoms with van der Waals surface area (Å²) in [5.41, 5.74) is 5.68. The number of nitrogens with zero attached hydrogens (tertiary/aromatic N) is 1. The smallest absolute Gasteiger partial charge is 0.00612 e. The van der Waals surface area contributed by atoms with Crippen molar-refractivity contribution in [2.75, 3.05) is 13.6 Å². The molecule has 2 atom stereocenters. The first-order valence-corrected chi connectivity index (χ1v) is 5.53. The molecule has 0 bridgehead atoms. The lowest BCUT2D eigenvalue weighted by atomic mass is 10.1. The van der Waals surface area contributed by atoms with E-state index in [0.29, 0.717) is 6.04 Å². The van der Waals surface area contributed by atoms with Crippen LogP contribution in [0.5, 0.6) is 0 Å². The molecule has 13 heavy (non-hydrogen) atoms. The van der Waals surface area contributed by atoms with Gasteiger partial charge in [0.25, 0.3) is 0 Å². The van der Waals surface area contributed by atoms with Crippen LogP contribution in [0.25, 0.3) is 0 Å². The molecule has 0 radical (unpaired) electrons. The summed E-state index contributed by atoms with van der Waals surface area (Å²) in [6.45, 7) is 7.81. The Hall–Kier alpha value is -0.0800. The minimum Gasteiger partial charge on any atom is -0.328 e. The van der Waals surface area contributed by atoms with Crippen LogP contribution in [0.3, 0.4) is 0 Å². The number of hydrogen-bond donors (Lipinski definition) is 1. The summed E-state index contributed by atoms with van der Waals surface area (Å²) in [6, 6.07) is 1.09. The van der Waals surface area contributed by atoms with E-state index >= 15 is 0 Å². The van der Waals surface area contributed by atoms with Crippen LogP contribution < -0.4 is 5.73 Å². The first-order valence-electron chi connectivity index (χ1n) is 5.53. The van der Waals surface area contributed by atoms with Crippen molar-refractivity contribution in [1.82, 2.24) is 4.90 Å². The third-order valence-corrected chi connectivity index (χ3v) is 2.76. The summed E-state index contributed by atoms with van der Waals surface area (Å²) in [5.74, 6) is 0. The Morgan fingerprint density at radius 2 is 1.85 bits per heavy atom. The second-order valence-corrected chi connectivity index (χ2v) is 4.21. The van der Waals surface area contributed by atoms with Gasteiger partial charge in [-0.05, 0) is 46.7 Å². The molecule has 2 nitrogen and oxygen atoms in total. The number of unbranched alkanes of at least 4 members (excludes halogenated alkanes) is 1. The van der Waals surface area contributed by atoms with E-state index in [-0.39, 0.29) is 0 Å². The zero-order chi connectivity index (χ0) is 10.3. The molecule has 0 aromatic carbocycles. The number of hydrogen-bond acceptors (Lipinski definition) is 2. The summed E-state index contributed by atoms with van der Waals surface area (Å²) >= 11 is 0. The molecular formula is C11H26N2. The average Bonchev–Trinajstić information content (AvgIpc) is 2.10. The van der Waals surface area contributed by atoms with Gasteiger partial charge in [0, 0.05) is 12.1 Å². The predicted molar refractivity (Wildman–Crippen MR) is 59.9 cm³/mol. The van der Waals surface area contributed by atoms with Gasteiger partial charge in [0.2, 0.25) is 0 Å². The molecule has 2 unspecified atom stereocenters. The van der Waals surface area contributed by atoms with Crippen molar-refractivity contribution in [2.24, 2.45) is 5.73 Å². The molecule has 0 aliphatic carbocycles. The van der Waals surface area contributed by atoms with Crippen molar-refractivity contribution < 1.29 is 0 Å². The summed E-state index contributed by atoms with van der Waals surface area (Å²) in [6.07, 6.45) is 4.94. The van der Waals surface area contributed by atoms with Crippen LogP contribution in [0, 0.1) is 0 Å². The molecule has 2 N–H and O–H groups in total. The van der Waals surface area contributed by atoms with Crippen LogP contribution in [-0.4, -0.2) is 30.6 Å². The van der Waals surface area contributed by atoms with Gasteiger partial charge in [0.15, 0.2) is 0 Å². The van der Waals surface area contributed by atoms with Crippen LogP contribution >= 0.6 is 0 Å². The van der Waals surface area contributed by atoms with Crippen LogP contribution in [0.2, 0.25) is 0 Å². The summed E-state index contributed by atoms with van der Waals surface area (Å²) < 4.78 is 0. The Bertz CT molecular complexity index is 113. The fourth-order valence-electron chi connectivity index (χ4n) is 1.36. The Labute approximate surface area is 83.5 Å². The van der Waals surface area contributed by atoms with E-state index in [0.717, 1.165) is 12.5 Å². The SMILES string of the molecule is CCC(C)N(C)CCCCC(C)N. The quantitative estimate of drug-likeness (QED) is 0.618. The van der Waals surface area contributed by atoms with Crippen LogP contribution in [-0.2, 0) is 0 Å². The van der Waals surface area contributed by atoms with Crippen molar-refractivity contribution >= 4 is 0 Å². The van der Waals surface area contributed by atoms with Crippen LogP contribution in [0.1, 0.15) is 46.5 Å². The third-order valence-electron chi connectivity index (χ3n) is 2.76. The first kappa shape index (κ1) is 12.9. The Kier molecular flexibility index (Phi) is 7.29. The molecule has 2 heteroatoms. The maximum Gasteiger partial charge on any atom is 0.00612 e. The number of nitrogens with two attached hydrogens (primary N) is 1. The van der Waals surface area contributed by atoms with E-state index in [1.165, 1.54) is 25.8 Å². The number of rotatable bonds is 7. The lowest BCUT2D eigenvalue weighted by Gasteiger charge is -2.23. The molecule has 0 aromatic rings. The molecule has 80 valence electrons. The maximum absolute atomic E-state index is 5.68. The van der Waals surface area contributed by atoms with Gasteiger partial charge in [-0.3, -0.25) is 0 Å². The van der Waals surface area contributed by atoms with Crippen LogP contribution in [0.4, 0.5) is 0 Å². The molecule has 0 rings (SSSR count). The molecule has 0 amide bonds. The first-order chi connectivity index (χ1) is 6.07. The van der Waals surface area contributed by atoms with Gasteiger partial charge < -0.3 is 10.6 Å². The second kappa shape index (κ2) is 7.34. The van der Waals surface area contributed by atoms with E-state index < -0.39 is 0 Å². The average molecular weight is 186 g/mol. The summed E-state index contributed by atoms with van der Waals surface area (Å²) in [5, 5.41) is 0. The standard InChI is InChI=1S/C11H26N2/c1-5-11(3)13(4)9-7-6-8-10(2)12/h10-11H,5-9,12H2,1-4H3. The summed E-state index contributed by atoms with van der Waals surface area (Å²) in [7, 11) is 2.21. The highest BCUT2D eigenvalue weighted by Crippen LogP contribution is 2.04. The van der Waals surface area contributed by atoms with E-state index in [1.54, 1.807) is 0 Å². The Balaban J connectivity index is 3.31. The lowest BCUT2D eigenvalue weighted by molar-refractivity contribution is 0.246. The Morgan fingerprint density at radius 3 is 2.31 bits per heavy atom. The van der Waals surface area contributed by atoms with Gasteiger partial charge in [-0.25, -0.2) is 0 Å². The van der Waals surface area contributed by atoms with Crippen molar-refractivity contribution in [2.45, 2.75) is 58.5 Å². The molecular weight excluding hydrogens is 160 g/mol. The van der Waals surface area contributed by atoms with E-state index in [2.05, 4.69) is 32.7 Å². The molecule has 0 heterocycles. The fraction of sp³-hybridized carbons (Fsp3) is 1.00. The lowest BCUT2D eigenvalue weighted by Crippen LogP contribution is -2.29. The van der Waals surface area contributed by atoms with E-state index in [4.69, 9.17) is 5.73 Å². The third kappa shape index (κ3) is 7.03. The second-order valence-electron chi connectivity index (χ2n) is 4.21. The van der Waals surface area contributed by atoms with Gasteiger partial charge in [-0.1, -0.05) is 13.3 Å². The van der Waals surface area contributed by atoms with Gasteiger partial charge in [0.1, 0.15) is 0 Å². The largest absolute Gasteiger partial charge is 0.328 e. The normalized spacial score (nSPS) is 16.2. The van der Waals surface area contributed by atoms with E-state index in [1.807, 2.05) is 0 Å². The zero-order valence-corrected chi connectivity index (χ0v) is 9.71. The van der Waals surface area contributed by atoms with Crippen molar-refractivity contribution in [1.29, 1.82) is 0 Å². The minimum atomic E-state index is 0.369. The molecule has 0 aliphatic rings. The summed E-state index contributed by atoms with van der Waals surface area (Å²) in [4.78, 5) is 2.43. The fourth-order valence-corrected chi connectivity index (χ4v) is 1.36. The topological polar surface area (TPSA) is 29.3 Å². The monoisotopic (exact) mass is 186 g/mol. The van der Waals surface area contributed by atoms with Crippen molar-refractivity contribution in [3.8, 4) is 0 Å². The van der Waals surface area contributed by atoms with Crippen molar-refractivity contribution in [3.05, 3.63) is 0 Å². The van der Waals surface area contributed by atoms with Crippen LogP contribution in [0.15, 0.2) is 0 Å². The van der Waals surface area contributed by atoms with Gasteiger partial charge >= 0.3 is 0 Å². The zero-order valence-electron chi connectivity index (χ0n) is 9.71. The molecule has 0 aliphatic heterocycles. The molecule has 0 spiro atoms. The van der Waals surface area contributed by atoms with Gasteiger partial charge in [-0.2, -0.15) is 0 Å².